The van der Waals surface area contributed by atoms with Gasteiger partial charge in [0, 0.05) is 36.8 Å². The molecule has 0 aromatic carbocycles. The summed E-state index contributed by atoms with van der Waals surface area (Å²) in [5.41, 5.74) is 5.55. The average molecular weight is 339 g/mol. The Morgan fingerprint density at radius 3 is 2.45 bits per heavy atom. The van der Waals surface area contributed by atoms with Crippen LogP contribution < -0.4 is 10.6 Å². The SMILES string of the molecule is NC1(C(=O)N2CCN(c3ccc(Br)cn3)CC2)CCC1. The number of hydrogen-bond donors (Lipinski definition) is 1. The fraction of sp³-hybridized carbons (Fsp3) is 0.571. The van der Waals surface area contributed by atoms with Crippen LogP contribution in [0.5, 0.6) is 0 Å². The van der Waals surface area contributed by atoms with Crippen LogP contribution in [0.1, 0.15) is 19.3 Å². The van der Waals surface area contributed by atoms with Gasteiger partial charge in [0.15, 0.2) is 0 Å². The second kappa shape index (κ2) is 5.33. The number of halogens is 1. The zero-order valence-electron chi connectivity index (χ0n) is 11.4. The molecule has 0 bridgehead atoms. The van der Waals surface area contributed by atoms with Crippen LogP contribution in [-0.4, -0.2) is 47.5 Å². The summed E-state index contributed by atoms with van der Waals surface area (Å²) in [6.07, 6.45) is 4.54. The fourth-order valence-corrected chi connectivity index (χ4v) is 3.01. The number of carbonyl (C=O) groups is 1. The molecule has 0 radical (unpaired) electrons. The van der Waals surface area contributed by atoms with Crippen molar-refractivity contribution < 1.29 is 4.79 Å². The lowest BCUT2D eigenvalue weighted by Gasteiger charge is -2.43. The van der Waals surface area contributed by atoms with Crippen LogP contribution in [0.2, 0.25) is 0 Å². The molecule has 3 rings (SSSR count). The smallest absolute Gasteiger partial charge is 0.242 e. The number of aromatic nitrogens is 1. The summed E-state index contributed by atoms with van der Waals surface area (Å²) in [7, 11) is 0. The van der Waals surface area contributed by atoms with Crippen LogP contribution in [0, 0.1) is 0 Å². The van der Waals surface area contributed by atoms with Gasteiger partial charge in [0.05, 0.1) is 5.54 Å². The number of piperazine rings is 1. The molecule has 1 saturated heterocycles. The van der Waals surface area contributed by atoms with Crippen molar-refractivity contribution in [2.75, 3.05) is 31.1 Å². The maximum atomic E-state index is 12.4. The van der Waals surface area contributed by atoms with Crippen molar-refractivity contribution >= 4 is 27.7 Å². The third-order valence-electron chi connectivity index (χ3n) is 4.27. The van der Waals surface area contributed by atoms with E-state index in [0.717, 1.165) is 55.7 Å². The molecule has 2 fully saturated rings. The Morgan fingerprint density at radius 1 is 1.25 bits per heavy atom. The largest absolute Gasteiger partial charge is 0.353 e. The molecule has 0 spiro atoms. The van der Waals surface area contributed by atoms with E-state index in [2.05, 4.69) is 25.8 Å². The third-order valence-corrected chi connectivity index (χ3v) is 4.74. The standard InChI is InChI=1S/C14H19BrN4O/c15-11-2-3-12(17-10-11)18-6-8-19(9-7-18)13(20)14(16)4-1-5-14/h2-3,10H,1,4-9,16H2. The lowest BCUT2D eigenvalue weighted by atomic mass is 9.76. The number of rotatable bonds is 2. The van der Waals surface area contributed by atoms with Crippen LogP contribution >= 0.6 is 15.9 Å². The molecule has 0 atom stereocenters. The van der Waals surface area contributed by atoms with Crippen molar-refractivity contribution in [3.05, 3.63) is 22.8 Å². The second-order valence-corrected chi connectivity index (χ2v) is 6.54. The molecule has 2 aliphatic rings. The van der Waals surface area contributed by atoms with Crippen molar-refractivity contribution in [1.29, 1.82) is 0 Å². The molecule has 5 nitrogen and oxygen atoms in total. The highest BCUT2D eigenvalue weighted by molar-refractivity contribution is 9.10. The first kappa shape index (κ1) is 13.8. The number of nitrogens with zero attached hydrogens (tertiary/aromatic N) is 3. The number of anilines is 1. The van der Waals surface area contributed by atoms with Crippen LogP contribution in [0.3, 0.4) is 0 Å². The molecule has 1 aromatic rings. The topological polar surface area (TPSA) is 62.5 Å². The monoisotopic (exact) mass is 338 g/mol. The van der Waals surface area contributed by atoms with E-state index < -0.39 is 5.54 Å². The summed E-state index contributed by atoms with van der Waals surface area (Å²) in [5.74, 6) is 1.10. The van der Waals surface area contributed by atoms with Gasteiger partial charge in [-0.05, 0) is 47.3 Å². The van der Waals surface area contributed by atoms with Gasteiger partial charge in [-0.1, -0.05) is 0 Å². The first-order valence-corrected chi connectivity index (χ1v) is 7.83. The van der Waals surface area contributed by atoms with E-state index in [4.69, 9.17) is 5.73 Å². The van der Waals surface area contributed by atoms with Crippen LogP contribution in [0.25, 0.3) is 0 Å². The molecular weight excluding hydrogens is 320 g/mol. The predicted molar refractivity (Wildman–Crippen MR) is 81.5 cm³/mol. The molecule has 1 aliphatic carbocycles. The van der Waals surface area contributed by atoms with E-state index >= 15 is 0 Å². The molecule has 20 heavy (non-hydrogen) atoms. The Kier molecular flexibility index (Phi) is 3.69. The van der Waals surface area contributed by atoms with Crippen LogP contribution in [0.15, 0.2) is 22.8 Å². The Balaban J connectivity index is 1.59. The van der Waals surface area contributed by atoms with Crippen molar-refractivity contribution in [2.24, 2.45) is 5.73 Å². The van der Waals surface area contributed by atoms with Gasteiger partial charge in [-0.25, -0.2) is 4.98 Å². The van der Waals surface area contributed by atoms with Gasteiger partial charge >= 0.3 is 0 Å². The zero-order valence-corrected chi connectivity index (χ0v) is 13.0. The Morgan fingerprint density at radius 2 is 1.95 bits per heavy atom. The number of nitrogens with two attached hydrogens (primary N) is 1. The highest BCUT2D eigenvalue weighted by Gasteiger charge is 2.43. The van der Waals surface area contributed by atoms with E-state index in [9.17, 15) is 4.79 Å². The summed E-state index contributed by atoms with van der Waals surface area (Å²) in [6.45, 7) is 3.10. The summed E-state index contributed by atoms with van der Waals surface area (Å²) in [4.78, 5) is 20.9. The number of pyridine rings is 1. The van der Waals surface area contributed by atoms with E-state index in [1.165, 1.54) is 0 Å². The molecular formula is C14H19BrN4O. The number of carbonyl (C=O) groups excluding carboxylic acids is 1. The maximum absolute atomic E-state index is 12.4. The predicted octanol–water partition coefficient (Wildman–Crippen LogP) is 1.37. The summed E-state index contributed by atoms with van der Waals surface area (Å²) < 4.78 is 0.977. The lowest BCUT2D eigenvalue weighted by Crippen LogP contribution is -2.62. The molecule has 2 heterocycles. The number of amides is 1. The van der Waals surface area contributed by atoms with Crippen LogP contribution in [-0.2, 0) is 4.79 Å². The molecule has 6 heteroatoms. The van der Waals surface area contributed by atoms with E-state index in [1.807, 2.05) is 17.0 Å². The van der Waals surface area contributed by atoms with Gasteiger partial charge in [-0.3, -0.25) is 4.79 Å². The molecule has 1 amide bonds. The zero-order chi connectivity index (χ0) is 14.2. The highest BCUT2D eigenvalue weighted by atomic mass is 79.9. The van der Waals surface area contributed by atoms with Gasteiger partial charge in [0.25, 0.3) is 0 Å². The molecule has 108 valence electrons. The van der Waals surface area contributed by atoms with Crippen molar-refractivity contribution in [2.45, 2.75) is 24.8 Å². The summed E-state index contributed by atoms with van der Waals surface area (Å²) in [5, 5.41) is 0. The molecule has 0 unspecified atom stereocenters. The first-order valence-electron chi connectivity index (χ1n) is 7.03. The van der Waals surface area contributed by atoms with Gasteiger partial charge in [-0.15, -0.1) is 0 Å². The Labute approximate surface area is 127 Å². The van der Waals surface area contributed by atoms with Gasteiger partial charge in [0.1, 0.15) is 5.82 Å². The van der Waals surface area contributed by atoms with Crippen molar-refractivity contribution in [3.63, 3.8) is 0 Å². The summed E-state index contributed by atoms with van der Waals surface area (Å²) >= 11 is 3.39. The van der Waals surface area contributed by atoms with E-state index in [1.54, 1.807) is 6.20 Å². The van der Waals surface area contributed by atoms with Gasteiger partial charge in [-0.2, -0.15) is 0 Å². The van der Waals surface area contributed by atoms with Gasteiger partial charge < -0.3 is 15.5 Å². The normalized spacial score (nSPS) is 21.5. The van der Waals surface area contributed by atoms with Crippen molar-refractivity contribution in [1.82, 2.24) is 9.88 Å². The Hall–Kier alpha value is -1.14. The minimum atomic E-state index is -0.571. The maximum Gasteiger partial charge on any atom is 0.242 e. The second-order valence-electron chi connectivity index (χ2n) is 5.62. The molecule has 2 N–H and O–H groups in total. The van der Waals surface area contributed by atoms with Gasteiger partial charge in [0.2, 0.25) is 5.91 Å². The number of hydrogen-bond acceptors (Lipinski definition) is 4. The average Bonchev–Trinajstić information content (AvgIpc) is 2.45. The molecule has 1 saturated carbocycles. The minimum absolute atomic E-state index is 0.132. The lowest BCUT2D eigenvalue weighted by molar-refractivity contribution is -0.140. The first-order chi connectivity index (χ1) is 9.58. The Bertz CT molecular complexity index is 492. The third kappa shape index (κ3) is 2.54. The minimum Gasteiger partial charge on any atom is -0.353 e. The van der Waals surface area contributed by atoms with Crippen molar-refractivity contribution in [3.8, 4) is 0 Å². The fourth-order valence-electron chi connectivity index (χ4n) is 2.78. The molecule has 1 aliphatic heterocycles. The van der Waals surface area contributed by atoms with E-state index in [-0.39, 0.29) is 5.91 Å². The van der Waals surface area contributed by atoms with E-state index in [0.29, 0.717) is 0 Å². The quantitative estimate of drug-likeness (QED) is 0.884. The summed E-state index contributed by atoms with van der Waals surface area (Å²) in [6, 6.07) is 3.99. The molecule has 1 aromatic heterocycles. The van der Waals surface area contributed by atoms with Crippen LogP contribution in [0.4, 0.5) is 5.82 Å². The highest BCUT2D eigenvalue weighted by Crippen LogP contribution is 2.31.